The van der Waals surface area contributed by atoms with Crippen LogP contribution in [0.25, 0.3) is 0 Å². The summed E-state index contributed by atoms with van der Waals surface area (Å²) in [5.41, 5.74) is -0.244. The number of nitrogens with one attached hydrogen (secondary N) is 1. The second-order valence-electron chi connectivity index (χ2n) is 5.71. The number of carbonyl (C=O) groups excluding carboxylic acids is 2. The largest absolute Gasteiger partial charge is 0.485 e. The number of carbonyl (C=O) groups is 2. The van der Waals surface area contributed by atoms with Crippen molar-refractivity contribution in [3.8, 4) is 11.5 Å². The quantitative estimate of drug-likeness (QED) is 0.486. The molecule has 2 aromatic rings. The van der Waals surface area contributed by atoms with Crippen LogP contribution in [0.5, 0.6) is 11.5 Å². The topological polar surface area (TPSA) is 117 Å². The molecule has 1 amide bonds. The number of fused-ring (bicyclic) bond motifs is 1. The summed E-state index contributed by atoms with van der Waals surface area (Å²) in [6, 6.07) is 12.5. The minimum atomic E-state index is -1.18. The lowest BCUT2D eigenvalue weighted by molar-refractivity contribution is -0.383. The van der Waals surface area contributed by atoms with E-state index in [0.717, 1.165) is 0 Å². The van der Waals surface area contributed by atoms with Gasteiger partial charge < -0.3 is 19.5 Å². The van der Waals surface area contributed by atoms with Gasteiger partial charge in [0.05, 0.1) is 4.92 Å². The van der Waals surface area contributed by atoms with Crippen LogP contribution in [0.1, 0.15) is 6.92 Å². The van der Waals surface area contributed by atoms with Crippen molar-refractivity contribution in [1.82, 2.24) is 0 Å². The number of amides is 1. The van der Waals surface area contributed by atoms with Crippen molar-refractivity contribution in [2.45, 2.75) is 19.1 Å². The second-order valence-corrected chi connectivity index (χ2v) is 5.71. The highest BCUT2D eigenvalue weighted by Crippen LogP contribution is 2.31. The molecular formula is C18H16N2O7. The van der Waals surface area contributed by atoms with Crippen molar-refractivity contribution in [3.63, 3.8) is 0 Å². The Balaban J connectivity index is 1.60. The lowest BCUT2D eigenvalue weighted by Gasteiger charge is -2.25. The Labute approximate surface area is 154 Å². The van der Waals surface area contributed by atoms with Gasteiger partial charge in [-0.2, -0.15) is 0 Å². The molecule has 9 heteroatoms. The molecule has 1 heterocycles. The van der Waals surface area contributed by atoms with Gasteiger partial charge in [-0.05, 0) is 25.1 Å². The number of nitrogens with zero attached hydrogens (tertiary/aromatic N) is 1. The van der Waals surface area contributed by atoms with Gasteiger partial charge in [-0.1, -0.05) is 24.3 Å². The van der Waals surface area contributed by atoms with Gasteiger partial charge in [-0.15, -0.1) is 0 Å². The molecule has 2 aromatic carbocycles. The Morgan fingerprint density at radius 2 is 1.85 bits per heavy atom. The van der Waals surface area contributed by atoms with E-state index in [9.17, 15) is 19.7 Å². The van der Waals surface area contributed by atoms with E-state index in [0.29, 0.717) is 11.5 Å². The molecule has 27 heavy (non-hydrogen) atoms. The summed E-state index contributed by atoms with van der Waals surface area (Å²) >= 11 is 0. The number of nitro benzene ring substituents is 1. The van der Waals surface area contributed by atoms with Crippen molar-refractivity contribution < 1.29 is 28.7 Å². The van der Waals surface area contributed by atoms with Crippen molar-refractivity contribution in [2.75, 3.05) is 11.9 Å². The van der Waals surface area contributed by atoms with Gasteiger partial charge in [0.1, 0.15) is 12.3 Å². The Bertz CT molecular complexity index is 884. The first kappa shape index (κ1) is 18.2. The first-order valence-electron chi connectivity index (χ1n) is 8.09. The van der Waals surface area contributed by atoms with E-state index in [4.69, 9.17) is 14.2 Å². The fraction of sp³-hybridized carbons (Fsp3) is 0.222. The van der Waals surface area contributed by atoms with Crippen LogP contribution in [0.3, 0.4) is 0 Å². The van der Waals surface area contributed by atoms with Gasteiger partial charge in [0, 0.05) is 6.07 Å². The van der Waals surface area contributed by atoms with E-state index < -0.39 is 29.0 Å². The number of rotatable bonds is 5. The molecule has 2 atom stereocenters. The SMILES string of the molecule is C[C@@H](OC(=O)[C@@H]1COc2ccccc2O1)C(=O)Nc1ccccc1[N+](=O)[O-]. The van der Waals surface area contributed by atoms with Gasteiger partial charge in [0.2, 0.25) is 6.10 Å². The monoisotopic (exact) mass is 372 g/mol. The van der Waals surface area contributed by atoms with Gasteiger partial charge in [0.25, 0.3) is 11.6 Å². The highest BCUT2D eigenvalue weighted by Gasteiger charge is 2.31. The number of anilines is 1. The molecule has 0 bridgehead atoms. The predicted molar refractivity (Wildman–Crippen MR) is 93.6 cm³/mol. The van der Waals surface area contributed by atoms with Crippen molar-refractivity contribution in [3.05, 3.63) is 58.6 Å². The highest BCUT2D eigenvalue weighted by atomic mass is 16.6. The third-order valence-corrected chi connectivity index (χ3v) is 3.79. The van der Waals surface area contributed by atoms with Gasteiger partial charge in [-0.25, -0.2) is 4.79 Å². The Kier molecular flexibility index (Phi) is 5.20. The maximum Gasteiger partial charge on any atom is 0.351 e. The highest BCUT2D eigenvalue weighted by molar-refractivity contribution is 5.97. The summed E-state index contributed by atoms with van der Waals surface area (Å²) in [5, 5.41) is 13.4. The number of benzene rings is 2. The van der Waals surface area contributed by atoms with E-state index >= 15 is 0 Å². The number of hydrogen-bond acceptors (Lipinski definition) is 7. The molecule has 140 valence electrons. The molecule has 0 spiro atoms. The maximum atomic E-state index is 12.2. The normalized spacial score (nSPS) is 16.1. The first-order chi connectivity index (χ1) is 13.0. The molecule has 1 N–H and O–H groups in total. The van der Waals surface area contributed by atoms with E-state index in [1.54, 1.807) is 30.3 Å². The molecule has 0 saturated carbocycles. The fourth-order valence-corrected chi connectivity index (χ4v) is 2.41. The van der Waals surface area contributed by atoms with Crippen LogP contribution in [0.15, 0.2) is 48.5 Å². The molecule has 0 fully saturated rings. The minimum Gasteiger partial charge on any atom is -0.485 e. The lowest BCUT2D eigenvalue weighted by atomic mass is 10.2. The molecule has 3 rings (SSSR count). The van der Waals surface area contributed by atoms with Crippen LogP contribution >= 0.6 is 0 Å². The molecule has 0 unspecified atom stereocenters. The molecule has 9 nitrogen and oxygen atoms in total. The third kappa shape index (κ3) is 4.14. The average Bonchev–Trinajstić information content (AvgIpc) is 2.67. The summed E-state index contributed by atoms with van der Waals surface area (Å²) in [4.78, 5) is 34.8. The van der Waals surface area contributed by atoms with Gasteiger partial charge in [-0.3, -0.25) is 14.9 Å². The summed E-state index contributed by atoms with van der Waals surface area (Å²) in [6.07, 6.45) is -2.20. The molecular weight excluding hydrogens is 356 g/mol. The van der Waals surface area contributed by atoms with Gasteiger partial charge >= 0.3 is 5.97 Å². The summed E-state index contributed by atoms with van der Waals surface area (Å²) in [7, 11) is 0. The van der Waals surface area contributed by atoms with Gasteiger partial charge in [0.15, 0.2) is 17.6 Å². The number of ether oxygens (including phenoxy) is 3. The zero-order chi connectivity index (χ0) is 19.4. The van der Waals surface area contributed by atoms with E-state index in [-0.39, 0.29) is 18.0 Å². The molecule has 1 aliphatic rings. The second kappa shape index (κ2) is 7.73. The van der Waals surface area contributed by atoms with E-state index in [1.807, 2.05) is 0 Å². The van der Waals surface area contributed by atoms with Crippen molar-refractivity contribution in [2.24, 2.45) is 0 Å². The Hall–Kier alpha value is -3.62. The maximum absolute atomic E-state index is 12.2. The van der Waals surface area contributed by atoms with E-state index in [2.05, 4.69) is 5.32 Å². The van der Waals surface area contributed by atoms with Crippen LogP contribution in [0.2, 0.25) is 0 Å². The summed E-state index contributed by atoms with van der Waals surface area (Å²) in [5.74, 6) is -0.545. The number of para-hydroxylation sites is 4. The Morgan fingerprint density at radius 1 is 1.19 bits per heavy atom. The minimum absolute atomic E-state index is 0.0153. The lowest BCUT2D eigenvalue weighted by Crippen LogP contribution is -2.41. The van der Waals surface area contributed by atoms with Crippen LogP contribution < -0.4 is 14.8 Å². The molecule has 0 radical (unpaired) electrons. The molecule has 0 aromatic heterocycles. The summed E-state index contributed by atoms with van der Waals surface area (Å²) < 4.78 is 16.1. The van der Waals surface area contributed by atoms with Crippen LogP contribution in [0.4, 0.5) is 11.4 Å². The number of hydrogen-bond donors (Lipinski definition) is 1. The fourth-order valence-electron chi connectivity index (χ4n) is 2.41. The molecule has 1 aliphatic heterocycles. The zero-order valence-electron chi connectivity index (χ0n) is 14.3. The van der Waals surface area contributed by atoms with Crippen molar-refractivity contribution in [1.29, 1.82) is 0 Å². The van der Waals surface area contributed by atoms with Crippen LogP contribution in [-0.2, 0) is 14.3 Å². The smallest absolute Gasteiger partial charge is 0.351 e. The molecule has 0 aliphatic carbocycles. The summed E-state index contributed by atoms with van der Waals surface area (Å²) in [6.45, 7) is 1.31. The van der Waals surface area contributed by atoms with E-state index in [1.165, 1.54) is 25.1 Å². The van der Waals surface area contributed by atoms with Crippen LogP contribution in [0, 0.1) is 10.1 Å². The molecule has 0 saturated heterocycles. The Morgan fingerprint density at radius 3 is 2.59 bits per heavy atom. The number of nitro groups is 1. The third-order valence-electron chi connectivity index (χ3n) is 3.79. The first-order valence-corrected chi connectivity index (χ1v) is 8.09. The number of esters is 1. The predicted octanol–water partition coefficient (Wildman–Crippen LogP) is 2.30. The van der Waals surface area contributed by atoms with Crippen LogP contribution in [-0.4, -0.2) is 35.6 Å². The standard InChI is InChI=1S/C18H16N2O7/c1-11(17(21)19-12-6-2-3-7-13(12)20(23)24)26-18(22)16-10-25-14-8-4-5-9-15(14)27-16/h2-9,11,16H,10H2,1H3,(H,19,21)/t11-,16+/m1/s1. The average molecular weight is 372 g/mol. The zero-order valence-corrected chi connectivity index (χ0v) is 14.3. The van der Waals surface area contributed by atoms with Crippen molar-refractivity contribution >= 4 is 23.3 Å².